The van der Waals surface area contributed by atoms with Crippen molar-refractivity contribution in [2.75, 3.05) is 4.90 Å². The molecule has 19 heavy (non-hydrogen) atoms. The van der Waals surface area contributed by atoms with E-state index in [0.717, 1.165) is 31.4 Å². The Balaban J connectivity index is 2.00. The summed E-state index contributed by atoms with van der Waals surface area (Å²) in [6.07, 6.45) is 5.35. The quantitative estimate of drug-likeness (QED) is 0.788. The van der Waals surface area contributed by atoms with Crippen LogP contribution in [0, 0.1) is 19.3 Å². The number of aromatic nitrogens is 2. The summed E-state index contributed by atoms with van der Waals surface area (Å²) in [6.45, 7) is 3.67. The number of aryl methyl sites for hydroxylation is 2. The molecule has 2 heterocycles. The maximum atomic E-state index is 12.8. The highest BCUT2D eigenvalue weighted by atomic mass is 16.2. The van der Waals surface area contributed by atoms with Crippen molar-refractivity contribution in [2.45, 2.75) is 52.4 Å². The second-order valence-electron chi connectivity index (χ2n) is 5.83. The van der Waals surface area contributed by atoms with Crippen LogP contribution in [0.1, 0.15) is 49.9 Å². The molecule has 0 unspecified atom stereocenters. The Kier molecular flexibility index (Phi) is 2.73. The maximum Gasteiger partial charge on any atom is 0.240 e. The molecule has 0 radical (unpaired) electrons. The van der Waals surface area contributed by atoms with Crippen LogP contribution in [0.2, 0.25) is 0 Å². The number of anilines is 1. The number of amides is 2. The Labute approximate surface area is 112 Å². The number of rotatable bonds is 1. The van der Waals surface area contributed by atoms with E-state index in [0.29, 0.717) is 17.8 Å². The lowest BCUT2D eigenvalue weighted by Gasteiger charge is -2.30. The van der Waals surface area contributed by atoms with Gasteiger partial charge in [-0.15, -0.1) is 0 Å². The molecular weight excluding hydrogens is 242 g/mol. The number of nitrogens with zero attached hydrogens (tertiary/aromatic N) is 2. The molecule has 2 amide bonds. The summed E-state index contributed by atoms with van der Waals surface area (Å²) in [6, 6.07) is 0. The van der Waals surface area contributed by atoms with Crippen LogP contribution in [-0.4, -0.2) is 22.0 Å². The molecular formula is C14H19N3O2. The highest BCUT2D eigenvalue weighted by Gasteiger charge is 2.52. The molecule has 1 spiro atoms. The average Bonchev–Trinajstić information content (AvgIpc) is 2.82. The lowest BCUT2D eigenvalue weighted by Crippen LogP contribution is -2.37. The van der Waals surface area contributed by atoms with Crippen LogP contribution < -0.4 is 4.90 Å². The lowest BCUT2D eigenvalue weighted by atomic mass is 9.73. The molecule has 2 fully saturated rings. The summed E-state index contributed by atoms with van der Waals surface area (Å²) in [5, 5.41) is 6.94. The Morgan fingerprint density at radius 1 is 1.16 bits per heavy atom. The van der Waals surface area contributed by atoms with Gasteiger partial charge in [0, 0.05) is 6.42 Å². The normalized spacial score (nSPS) is 22.5. The molecule has 0 aromatic carbocycles. The summed E-state index contributed by atoms with van der Waals surface area (Å²) in [4.78, 5) is 26.5. The summed E-state index contributed by atoms with van der Waals surface area (Å²) >= 11 is 0. The molecule has 1 saturated heterocycles. The fourth-order valence-electron chi connectivity index (χ4n) is 3.51. The summed E-state index contributed by atoms with van der Waals surface area (Å²) < 4.78 is 0. The first-order valence-corrected chi connectivity index (χ1v) is 6.94. The fourth-order valence-corrected chi connectivity index (χ4v) is 3.51. The van der Waals surface area contributed by atoms with Crippen LogP contribution in [0.3, 0.4) is 0 Å². The average molecular weight is 261 g/mol. The predicted molar refractivity (Wildman–Crippen MR) is 70.7 cm³/mol. The maximum absolute atomic E-state index is 12.8. The molecule has 1 saturated carbocycles. The van der Waals surface area contributed by atoms with E-state index in [1.165, 1.54) is 11.3 Å². The number of carbonyl (C=O) groups excluding carboxylic acids is 2. The number of hydrogen-bond donors (Lipinski definition) is 1. The number of carbonyl (C=O) groups is 2. The first kappa shape index (κ1) is 12.4. The van der Waals surface area contributed by atoms with Gasteiger partial charge in [-0.05, 0) is 26.7 Å². The molecule has 1 N–H and O–H groups in total. The van der Waals surface area contributed by atoms with Gasteiger partial charge in [-0.3, -0.25) is 14.7 Å². The van der Waals surface area contributed by atoms with Crippen molar-refractivity contribution in [3.05, 3.63) is 11.4 Å². The van der Waals surface area contributed by atoms with Gasteiger partial charge in [0.05, 0.1) is 22.5 Å². The second-order valence-corrected chi connectivity index (χ2v) is 5.83. The van der Waals surface area contributed by atoms with E-state index in [4.69, 9.17) is 0 Å². The van der Waals surface area contributed by atoms with Crippen LogP contribution in [0.4, 0.5) is 5.69 Å². The largest absolute Gasteiger partial charge is 0.280 e. The Bertz CT molecular complexity index is 521. The van der Waals surface area contributed by atoms with Crippen molar-refractivity contribution in [3.8, 4) is 0 Å². The summed E-state index contributed by atoms with van der Waals surface area (Å²) in [5.74, 6) is -0.0794. The van der Waals surface area contributed by atoms with E-state index in [2.05, 4.69) is 10.2 Å². The van der Waals surface area contributed by atoms with Gasteiger partial charge in [-0.2, -0.15) is 5.10 Å². The molecule has 0 atom stereocenters. The number of imide groups is 1. The van der Waals surface area contributed by atoms with Gasteiger partial charge in [0.1, 0.15) is 0 Å². The van der Waals surface area contributed by atoms with Crippen molar-refractivity contribution < 1.29 is 9.59 Å². The van der Waals surface area contributed by atoms with E-state index in [-0.39, 0.29) is 11.8 Å². The zero-order valence-electron chi connectivity index (χ0n) is 11.5. The topological polar surface area (TPSA) is 66.1 Å². The minimum absolute atomic E-state index is 0.00944. The van der Waals surface area contributed by atoms with Gasteiger partial charge in [-0.1, -0.05) is 19.3 Å². The fraction of sp³-hybridized carbons (Fsp3) is 0.643. The van der Waals surface area contributed by atoms with Crippen molar-refractivity contribution in [2.24, 2.45) is 5.41 Å². The van der Waals surface area contributed by atoms with Crippen LogP contribution >= 0.6 is 0 Å². The van der Waals surface area contributed by atoms with E-state index in [1.807, 2.05) is 13.8 Å². The van der Waals surface area contributed by atoms with Crippen molar-refractivity contribution in [3.63, 3.8) is 0 Å². The molecule has 1 aromatic heterocycles. The first-order valence-electron chi connectivity index (χ1n) is 6.94. The van der Waals surface area contributed by atoms with Gasteiger partial charge in [0.2, 0.25) is 11.8 Å². The number of hydrogen-bond acceptors (Lipinski definition) is 3. The third-order valence-corrected chi connectivity index (χ3v) is 4.52. The van der Waals surface area contributed by atoms with E-state index >= 15 is 0 Å². The number of nitrogens with one attached hydrogen (secondary N) is 1. The Hall–Kier alpha value is -1.65. The highest BCUT2D eigenvalue weighted by Crippen LogP contribution is 2.47. The summed E-state index contributed by atoms with van der Waals surface area (Å²) in [7, 11) is 0. The van der Waals surface area contributed by atoms with Gasteiger partial charge >= 0.3 is 0 Å². The van der Waals surface area contributed by atoms with Gasteiger partial charge in [0.15, 0.2) is 0 Å². The van der Waals surface area contributed by atoms with Gasteiger partial charge in [0.25, 0.3) is 0 Å². The smallest absolute Gasteiger partial charge is 0.240 e. The Morgan fingerprint density at radius 3 is 2.42 bits per heavy atom. The molecule has 1 aliphatic heterocycles. The van der Waals surface area contributed by atoms with E-state index < -0.39 is 5.41 Å². The molecule has 3 rings (SSSR count). The van der Waals surface area contributed by atoms with Crippen LogP contribution in [0.15, 0.2) is 0 Å². The van der Waals surface area contributed by atoms with Crippen molar-refractivity contribution in [1.82, 2.24) is 10.2 Å². The molecule has 1 aliphatic carbocycles. The number of H-pyrrole nitrogens is 1. The minimum Gasteiger partial charge on any atom is -0.280 e. The minimum atomic E-state index is -0.425. The van der Waals surface area contributed by atoms with Crippen LogP contribution in [0.5, 0.6) is 0 Å². The van der Waals surface area contributed by atoms with Gasteiger partial charge in [-0.25, -0.2) is 4.90 Å². The second kappa shape index (κ2) is 4.18. The molecule has 5 nitrogen and oxygen atoms in total. The molecule has 2 aliphatic rings. The van der Waals surface area contributed by atoms with E-state index in [1.54, 1.807) is 0 Å². The third-order valence-electron chi connectivity index (χ3n) is 4.52. The van der Waals surface area contributed by atoms with Crippen LogP contribution in [0.25, 0.3) is 0 Å². The molecule has 102 valence electrons. The molecule has 0 bridgehead atoms. The zero-order chi connectivity index (χ0) is 13.6. The van der Waals surface area contributed by atoms with Crippen LogP contribution in [-0.2, 0) is 9.59 Å². The SMILES string of the molecule is Cc1n[nH]c(C)c1N1C(=O)CC2(CCCCC2)C1=O. The zero-order valence-corrected chi connectivity index (χ0v) is 11.5. The van der Waals surface area contributed by atoms with Crippen molar-refractivity contribution >= 4 is 17.5 Å². The lowest BCUT2D eigenvalue weighted by molar-refractivity contribution is -0.127. The first-order chi connectivity index (χ1) is 9.05. The standard InChI is InChI=1S/C14H19N3O2/c1-9-12(10(2)16-15-9)17-11(18)8-14(13(17)19)6-4-3-5-7-14/h3-8H2,1-2H3,(H,15,16). The summed E-state index contributed by atoms with van der Waals surface area (Å²) in [5.41, 5.74) is 1.74. The van der Waals surface area contributed by atoms with Gasteiger partial charge < -0.3 is 0 Å². The monoisotopic (exact) mass is 261 g/mol. The Morgan fingerprint density at radius 2 is 1.84 bits per heavy atom. The highest BCUT2D eigenvalue weighted by molar-refractivity contribution is 6.23. The molecule has 5 heteroatoms. The number of aromatic amines is 1. The predicted octanol–water partition coefficient (Wildman–Crippen LogP) is 2.24. The van der Waals surface area contributed by atoms with E-state index in [9.17, 15) is 9.59 Å². The molecule has 1 aromatic rings. The van der Waals surface area contributed by atoms with Crippen molar-refractivity contribution in [1.29, 1.82) is 0 Å². The third kappa shape index (κ3) is 1.71.